The Kier molecular flexibility index (Phi) is 3.51. The molecule has 0 bridgehead atoms. The van der Waals surface area contributed by atoms with E-state index in [1.165, 1.54) is 0 Å². The van der Waals surface area contributed by atoms with Crippen molar-refractivity contribution in [2.24, 2.45) is 0 Å². The van der Waals surface area contributed by atoms with Gasteiger partial charge in [0.1, 0.15) is 0 Å². The molecule has 1 aromatic heterocycles. The molecule has 1 saturated carbocycles. The second kappa shape index (κ2) is 5.07. The van der Waals surface area contributed by atoms with E-state index in [1.807, 2.05) is 19.1 Å². The maximum atomic E-state index is 11.6. The number of rotatable bonds is 5. The molecule has 0 aliphatic heterocycles. The van der Waals surface area contributed by atoms with E-state index in [-0.39, 0.29) is 11.9 Å². The number of hydrogen-bond donors (Lipinski definition) is 2. The number of hydrogen-bond acceptors (Lipinski definition) is 3. The normalized spacial score (nSPS) is 16.8. The van der Waals surface area contributed by atoms with Crippen LogP contribution in [0.3, 0.4) is 0 Å². The van der Waals surface area contributed by atoms with Crippen LogP contribution in [0.1, 0.15) is 25.3 Å². The molecule has 16 heavy (non-hydrogen) atoms. The van der Waals surface area contributed by atoms with Crippen molar-refractivity contribution in [1.82, 2.24) is 15.6 Å². The standard InChI is InChI=1S/C12H17N3O/c1-9(12(16)15-11-2-3-11)14-8-10-4-6-13-7-5-10/h4-7,9,11,14H,2-3,8H2,1H3,(H,15,16). The van der Waals surface area contributed by atoms with Crippen LogP contribution in [0.25, 0.3) is 0 Å². The molecule has 2 N–H and O–H groups in total. The fraction of sp³-hybridized carbons (Fsp3) is 0.500. The van der Waals surface area contributed by atoms with E-state index in [9.17, 15) is 4.79 Å². The molecule has 0 saturated heterocycles. The number of pyridine rings is 1. The third kappa shape index (κ3) is 3.31. The highest BCUT2D eigenvalue weighted by atomic mass is 16.2. The van der Waals surface area contributed by atoms with E-state index in [0.717, 1.165) is 18.4 Å². The van der Waals surface area contributed by atoms with Crippen LogP contribution in [0.2, 0.25) is 0 Å². The summed E-state index contributed by atoms with van der Waals surface area (Å²) in [5, 5.41) is 6.17. The minimum absolute atomic E-state index is 0.0940. The molecule has 2 rings (SSSR count). The van der Waals surface area contributed by atoms with Crippen molar-refractivity contribution in [3.8, 4) is 0 Å². The van der Waals surface area contributed by atoms with Crippen LogP contribution >= 0.6 is 0 Å². The third-order valence-electron chi connectivity index (χ3n) is 2.68. The number of carbonyl (C=O) groups is 1. The number of nitrogens with zero attached hydrogens (tertiary/aromatic N) is 1. The lowest BCUT2D eigenvalue weighted by molar-refractivity contribution is -0.122. The first-order valence-electron chi connectivity index (χ1n) is 5.68. The lowest BCUT2D eigenvalue weighted by atomic mass is 10.2. The summed E-state index contributed by atoms with van der Waals surface area (Å²) in [7, 11) is 0. The second-order valence-electron chi connectivity index (χ2n) is 4.24. The van der Waals surface area contributed by atoms with Crippen LogP contribution in [0, 0.1) is 0 Å². The molecule has 0 aromatic carbocycles. The van der Waals surface area contributed by atoms with Crippen LogP contribution in [-0.2, 0) is 11.3 Å². The second-order valence-corrected chi connectivity index (χ2v) is 4.24. The van der Waals surface area contributed by atoms with Gasteiger partial charge in [0.2, 0.25) is 5.91 Å². The first-order chi connectivity index (χ1) is 7.75. The molecule has 1 heterocycles. The van der Waals surface area contributed by atoms with Gasteiger partial charge in [-0.05, 0) is 37.5 Å². The Morgan fingerprint density at radius 3 is 2.81 bits per heavy atom. The molecule has 1 aliphatic carbocycles. The van der Waals surface area contributed by atoms with E-state index >= 15 is 0 Å². The van der Waals surface area contributed by atoms with Gasteiger partial charge in [0.05, 0.1) is 6.04 Å². The lowest BCUT2D eigenvalue weighted by Crippen LogP contribution is -2.42. The van der Waals surface area contributed by atoms with Crippen LogP contribution in [0.4, 0.5) is 0 Å². The molecule has 1 fully saturated rings. The summed E-state index contributed by atoms with van der Waals surface area (Å²) in [5.41, 5.74) is 1.14. The molecular formula is C12H17N3O. The molecule has 86 valence electrons. The highest BCUT2D eigenvalue weighted by Crippen LogP contribution is 2.18. The third-order valence-corrected chi connectivity index (χ3v) is 2.68. The highest BCUT2D eigenvalue weighted by molar-refractivity contribution is 5.81. The summed E-state index contributed by atoms with van der Waals surface area (Å²) in [5.74, 6) is 0.0940. The van der Waals surface area contributed by atoms with Crippen molar-refractivity contribution >= 4 is 5.91 Å². The smallest absolute Gasteiger partial charge is 0.237 e. The molecule has 1 amide bonds. The summed E-state index contributed by atoms with van der Waals surface area (Å²) in [4.78, 5) is 15.6. The predicted octanol–water partition coefficient (Wildman–Crippen LogP) is 0.838. The van der Waals surface area contributed by atoms with Gasteiger partial charge < -0.3 is 10.6 Å². The molecular weight excluding hydrogens is 202 g/mol. The zero-order valence-corrected chi connectivity index (χ0v) is 9.44. The largest absolute Gasteiger partial charge is 0.352 e. The monoisotopic (exact) mass is 219 g/mol. The summed E-state index contributed by atoms with van der Waals surface area (Å²) in [6.45, 7) is 2.58. The van der Waals surface area contributed by atoms with Crippen molar-refractivity contribution in [3.05, 3.63) is 30.1 Å². The van der Waals surface area contributed by atoms with Crippen LogP contribution in [-0.4, -0.2) is 23.0 Å². The van der Waals surface area contributed by atoms with Gasteiger partial charge in [-0.25, -0.2) is 0 Å². The first kappa shape index (κ1) is 11.1. The Balaban J connectivity index is 1.74. The number of aromatic nitrogens is 1. The fourth-order valence-electron chi connectivity index (χ4n) is 1.42. The van der Waals surface area contributed by atoms with Crippen LogP contribution in [0.15, 0.2) is 24.5 Å². The van der Waals surface area contributed by atoms with Gasteiger partial charge >= 0.3 is 0 Å². The van der Waals surface area contributed by atoms with Crippen molar-refractivity contribution < 1.29 is 4.79 Å². The number of amides is 1. The zero-order valence-electron chi connectivity index (χ0n) is 9.44. The van der Waals surface area contributed by atoms with Gasteiger partial charge in [-0.15, -0.1) is 0 Å². The Morgan fingerprint density at radius 2 is 2.19 bits per heavy atom. The Bertz CT molecular complexity index is 349. The Hall–Kier alpha value is -1.42. The average Bonchev–Trinajstić information content (AvgIpc) is 3.11. The fourth-order valence-corrected chi connectivity index (χ4v) is 1.42. The quantitative estimate of drug-likeness (QED) is 0.771. The molecule has 4 nitrogen and oxygen atoms in total. The summed E-state index contributed by atoms with van der Waals surface area (Å²) in [6.07, 6.45) is 5.77. The van der Waals surface area contributed by atoms with Crippen molar-refractivity contribution in [3.63, 3.8) is 0 Å². The Labute approximate surface area is 95.5 Å². The van der Waals surface area contributed by atoms with Gasteiger partial charge in [0.15, 0.2) is 0 Å². The summed E-state index contributed by atoms with van der Waals surface area (Å²) >= 11 is 0. The SMILES string of the molecule is CC(NCc1ccncc1)C(=O)NC1CC1. The average molecular weight is 219 g/mol. The van der Waals surface area contributed by atoms with E-state index in [0.29, 0.717) is 12.6 Å². The van der Waals surface area contributed by atoms with Gasteiger partial charge in [-0.2, -0.15) is 0 Å². The topological polar surface area (TPSA) is 54.0 Å². The van der Waals surface area contributed by atoms with E-state index < -0.39 is 0 Å². The molecule has 1 aromatic rings. The minimum atomic E-state index is -0.145. The van der Waals surface area contributed by atoms with Crippen molar-refractivity contribution in [1.29, 1.82) is 0 Å². The molecule has 1 aliphatic rings. The minimum Gasteiger partial charge on any atom is -0.352 e. The van der Waals surface area contributed by atoms with E-state index in [1.54, 1.807) is 12.4 Å². The van der Waals surface area contributed by atoms with Gasteiger partial charge in [0.25, 0.3) is 0 Å². The van der Waals surface area contributed by atoms with Gasteiger partial charge in [0, 0.05) is 25.0 Å². The molecule has 0 spiro atoms. The van der Waals surface area contributed by atoms with Gasteiger partial charge in [-0.3, -0.25) is 9.78 Å². The molecule has 4 heteroatoms. The summed E-state index contributed by atoms with van der Waals surface area (Å²) in [6, 6.07) is 4.17. The van der Waals surface area contributed by atoms with E-state index in [4.69, 9.17) is 0 Å². The zero-order chi connectivity index (χ0) is 11.4. The number of carbonyl (C=O) groups excluding carboxylic acids is 1. The molecule has 0 radical (unpaired) electrons. The number of nitrogens with one attached hydrogen (secondary N) is 2. The molecule has 1 unspecified atom stereocenters. The van der Waals surface area contributed by atoms with E-state index in [2.05, 4.69) is 15.6 Å². The molecule has 1 atom stereocenters. The lowest BCUT2D eigenvalue weighted by Gasteiger charge is -2.13. The van der Waals surface area contributed by atoms with Crippen molar-refractivity contribution in [2.75, 3.05) is 0 Å². The Morgan fingerprint density at radius 1 is 1.50 bits per heavy atom. The van der Waals surface area contributed by atoms with Gasteiger partial charge in [-0.1, -0.05) is 0 Å². The van der Waals surface area contributed by atoms with Crippen LogP contribution in [0.5, 0.6) is 0 Å². The first-order valence-corrected chi connectivity index (χ1v) is 5.68. The van der Waals surface area contributed by atoms with Crippen molar-refractivity contribution in [2.45, 2.75) is 38.4 Å². The van der Waals surface area contributed by atoms with Crippen LogP contribution < -0.4 is 10.6 Å². The maximum Gasteiger partial charge on any atom is 0.237 e. The predicted molar refractivity (Wildman–Crippen MR) is 61.7 cm³/mol. The highest BCUT2D eigenvalue weighted by Gasteiger charge is 2.25. The summed E-state index contributed by atoms with van der Waals surface area (Å²) < 4.78 is 0. The maximum absolute atomic E-state index is 11.6.